The number of benzene rings is 1. The lowest BCUT2D eigenvalue weighted by Crippen LogP contribution is -1.90. The van der Waals surface area contributed by atoms with Crippen LogP contribution in [0.25, 0.3) is 10.9 Å². The first-order valence-corrected chi connectivity index (χ1v) is 6.25. The van der Waals surface area contributed by atoms with Gasteiger partial charge in [0.15, 0.2) is 0 Å². The predicted molar refractivity (Wildman–Crippen MR) is 57.7 cm³/mol. The van der Waals surface area contributed by atoms with Crippen LogP contribution in [0.1, 0.15) is 0 Å². The van der Waals surface area contributed by atoms with E-state index in [0.29, 0.717) is 4.90 Å². The van der Waals surface area contributed by atoms with Gasteiger partial charge in [0, 0.05) is 23.1 Å². The van der Waals surface area contributed by atoms with Crippen molar-refractivity contribution in [2.75, 3.05) is 0 Å². The molecule has 0 aliphatic rings. The van der Waals surface area contributed by atoms with Crippen molar-refractivity contribution in [3.05, 3.63) is 24.4 Å². The fourth-order valence-electron chi connectivity index (χ4n) is 1.30. The van der Waals surface area contributed by atoms with Gasteiger partial charge in [-0.3, -0.25) is 13.8 Å². The fourth-order valence-corrected chi connectivity index (χ4v) is 2.11. The van der Waals surface area contributed by atoms with E-state index >= 15 is 0 Å². The number of aryl methyl sites for hydroxylation is 1. The molecule has 0 saturated carbocycles. The molecule has 0 fully saturated rings. The average molecular weight is 233 g/mol. The zero-order chi connectivity index (χ0) is 10.3. The molecule has 14 heavy (non-hydrogen) atoms. The molecule has 2 rings (SSSR count). The third-order valence-corrected chi connectivity index (χ3v) is 3.41. The monoisotopic (exact) mass is 232 g/mol. The second-order valence-electron chi connectivity index (χ2n) is 2.97. The normalized spacial score (nSPS) is 13.4. The van der Waals surface area contributed by atoms with Gasteiger partial charge in [0.05, 0.1) is 16.6 Å². The first-order chi connectivity index (χ1) is 6.48. The van der Waals surface area contributed by atoms with Crippen LogP contribution in [-0.4, -0.2) is 18.9 Å². The summed E-state index contributed by atoms with van der Waals surface area (Å²) in [5, 5.41) is 4.88. The van der Waals surface area contributed by atoms with E-state index in [1.807, 2.05) is 7.05 Å². The Morgan fingerprint density at radius 3 is 2.79 bits per heavy atom. The molecule has 76 valence electrons. The van der Waals surface area contributed by atoms with E-state index < -0.39 is 9.80 Å². The van der Waals surface area contributed by atoms with Crippen LogP contribution >= 0.6 is 20.5 Å². The molecule has 0 unspecified atom stereocenters. The van der Waals surface area contributed by atoms with Crippen molar-refractivity contribution in [2.45, 2.75) is 4.90 Å². The maximum atomic E-state index is 9.23. The number of fused-ring (bicyclic) bond motifs is 1. The molecule has 4 nitrogen and oxygen atoms in total. The van der Waals surface area contributed by atoms with Crippen LogP contribution in [0.2, 0.25) is 0 Å². The molecule has 1 aromatic carbocycles. The molecular formula is C8H9ClN2O2S. The van der Waals surface area contributed by atoms with Crippen LogP contribution in [0.15, 0.2) is 29.3 Å². The summed E-state index contributed by atoms with van der Waals surface area (Å²) in [6.45, 7) is 0. The highest BCUT2D eigenvalue weighted by atomic mass is 35.7. The lowest BCUT2D eigenvalue weighted by molar-refractivity contribution is 0.507. The van der Waals surface area contributed by atoms with E-state index in [9.17, 15) is 9.11 Å². The molecule has 0 bridgehead atoms. The molecule has 0 aliphatic heterocycles. The maximum absolute atomic E-state index is 9.23. The second-order valence-corrected chi connectivity index (χ2v) is 5.69. The van der Waals surface area contributed by atoms with Crippen LogP contribution < -0.4 is 0 Å². The molecule has 2 aromatic rings. The van der Waals surface area contributed by atoms with E-state index in [-0.39, 0.29) is 0 Å². The summed E-state index contributed by atoms with van der Waals surface area (Å²) in [5.41, 5.74) is 0.925. The van der Waals surface area contributed by atoms with Crippen LogP contribution in [0.3, 0.4) is 0 Å². The van der Waals surface area contributed by atoms with Gasteiger partial charge in [-0.15, -0.1) is 0 Å². The Labute approximate surface area is 87.0 Å². The largest absolute Gasteiger partial charge is 0.281 e. The molecular weight excluding hydrogens is 224 g/mol. The fraction of sp³-hybridized carbons (Fsp3) is 0.125. The number of rotatable bonds is 1. The quantitative estimate of drug-likeness (QED) is 0.795. The van der Waals surface area contributed by atoms with Crippen molar-refractivity contribution in [2.24, 2.45) is 7.05 Å². The molecule has 1 heterocycles. The molecule has 0 aliphatic carbocycles. The molecule has 0 amide bonds. The average Bonchev–Trinajstić information content (AvgIpc) is 2.46. The van der Waals surface area contributed by atoms with Gasteiger partial charge in [-0.2, -0.15) is 5.10 Å². The van der Waals surface area contributed by atoms with E-state index in [0.717, 1.165) is 10.9 Å². The molecule has 1 aromatic heterocycles. The van der Waals surface area contributed by atoms with Gasteiger partial charge in [0.1, 0.15) is 0 Å². The highest BCUT2D eigenvalue weighted by Crippen LogP contribution is 2.53. The number of aromatic nitrogens is 2. The number of hydrogen-bond acceptors (Lipinski definition) is 3. The summed E-state index contributed by atoms with van der Waals surface area (Å²) in [4.78, 5) is 0.319. The molecule has 0 spiro atoms. The van der Waals surface area contributed by atoms with E-state index in [4.69, 9.17) is 10.7 Å². The highest BCUT2D eigenvalue weighted by molar-refractivity contribution is 8.43. The van der Waals surface area contributed by atoms with Gasteiger partial charge < -0.3 is 0 Å². The zero-order valence-corrected chi connectivity index (χ0v) is 8.96. The number of hydrogen-bond donors (Lipinski definition) is 2. The highest BCUT2D eigenvalue weighted by Gasteiger charge is 2.12. The number of halogens is 1. The third kappa shape index (κ3) is 1.59. The Morgan fingerprint density at radius 1 is 1.43 bits per heavy atom. The Hall–Kier alpha value is -0.750. The Balaban J connectivity index is 2.63. The van der Waals surface area contributed by atoms with Crippen molar-refractivity contribution >= 4 is 31.4 Å². The van der Waals surface area contributed by atoms with Crippen molar-refractivity contribution in [3.63, 3.8) is 0 Å². The van der Waals surface area contributed by atoms with Crippen molar-refractivity contribution in [3.8, 4) is 0 Å². The minimum Gasteiger partial charge on any atom is -0.281 e. The molecule has 0 saturated heterocycles. The van der Waals surface area contributed by atoms with Crippen LogP contribution in [0, 0.1) is 0 Å². The maximum Gasteiger partial charge on any atom is 0.0764 e. The first kappa shape index (κ1) is 9.79. The van der Waals surface area contributed by atoms with Crippen LogP contribution in [-0.2, 0) is 7.05 Å². The number of nitrogens with zero attached hydrogens (tertiary/aromatic N) is 2. The lowest BCUT2D eigenvalue weighted by atomic mass is 10.3. The van der Waals surface area contributed by atoms with Gasteiger partial charge in [-0.25, -0.2) is 0 Å². The smallest absolute Gasteiger partial charge is 0.0764 e. The predicted octanol–water partition coefficient (Wildman–Crippen LogP) is 2.84. The second kappa shape index (κ2) is 3.13. The Morgan fingerprint density at radius 2 is 2.14 bits per heavy atom. The Kier molecular flexibility index (Phi) is 2.19. The first-order valence-electron chi connectivity index (χ1n) is 3.88. The Bertz CT molecular complexity index is 478. The van der Waals surface area contributed by atoms with E-state index in [1.165, 1.54) is 0 Å². The lowest BCUT2D eigenvalue weighted by Gasteiger charge is -2.22. The van der Waals surface area contributed by atoms with Crippen molar-refractivity contribution in [1.82, 2.24) is 9.78 Å². The van der Waals surface area contributed by atoms with Crippen molar-refractivity contribution < 1.29 is 9.11 Å². The topological polar surface area (TPSA) is 58.3 Å². The summed E-state index contributed by atoms with van der Waals surface area (Å²) in [5.74, 6) is 0. The van der Waals surface area contributed by atoms with Gasteiger partial charge >= 0.3 is 0 Å². The molecule has 0 radical (unpaired) electrons. The van der Waals surface area contributed by atoms with E-state index in [1.54, 1.807) is 29.1 Å². The summed E-state index contributed by atoms with van der Waals surface area (Å²) >= 11 is 0. The third-order valence-electron chi connectivity index (χ3n) is 2.02. The summed E-state index contributed by atoms with van der Waals surface area (Å²) in [6, 6.07) is 4.98. The minimum atomic E-state index is -3.15. The standard InChI is InChI=1S/C8H9ClN2O2S/c1-11-8-3-2-7(14(9,12)13)4-6(8)5-10-11/h2-5,12-13H,1H3. The van der Waals surface area contributed by atoms with Gasteiger partial charge in [-0.1, -0.05) is 9.80 Å². The van der Waals surface area contributed by atoms with Gasteiger partial charge in [0.25, 0.3) is 0 Å². The summed E-state index contributed by atoms with van der Waals surface area (Å²) < 4.78 is 20.2. The van der Waals surface area contributed by atoms with Crippen LogP contribution in [0.4, 0.5) is 0 Å². The van der Waals surface area contributed by atoms with Gasteiger partial charge in [-0.05, 0) is 18.2 Å². The summed E-state index contributed by atoms with van der Waals surface area (Å²) in [6.07, 6.45) is 1.65. The summed E-state index contributed by atoms with van der Waals surface area (Å²) in [7, 11) is 4.10. The molecule has 2 N–H and O–H groups in total. The van der Waals surface area contributed by atoms with Crippen molar-refractivity contribution in [1.29, 1.82) is 0 Å². The molecule has 0 atom stereocenters. The SMILES string of the molecule is Cn1ncc2cc(S(O)(O)Cl)ccc21. The van der Waals surface area contributed by atoms with Crippen LogP contribution in [0.5, 0.6) is 0 Å². The van der Waals surface area contributed by atoms with Gasteiger partial charge in [0.2, 0.25) is 0 Å². The minimum absolute atomic E-state index is 0.319. The zero-order valence-electron chi connectivity index (χ0n) is 7.38. The molecule has 6 heteroatoms. The van der Waals surface area contributed by atoms with E-state index in [2.05, 4.69) is 5.10 Å².